The van der Waals surface area contributed by atoms with Crippen LogP contribution in [0.25, 0.3) is 0 Å². The largest absolute Gasteiger partial charge is 0.392 e. The zero-order valence-electron chi connectivity index (χ0n) is 13.4. The molecule has 120 valence electrons. The molecular formula is C20H24N2O. The van der Waals surface area contributed by atoms with Crippen LogP contribution in [0.1, 0.15) is 31.2 Å². The maximum absolute atomic E-state index is 11.4. The third-order valence-electron chi connectivity index (χ3n) is 8.97. The quantitative estimate of drug-likeness (QED) is 0.771. The molecule has 23 heavy (non-hydrogen) atoms. The number of piperidine rings is 1. The maximum atomic E-state index is 11.4. The van der Waals surface area contributed by atoms with Gasteiger partial charge in [0, 0.05) is 35.5 Å². The standard InChI is InChI=1S/C20H24N2O/c23-17-14-10-22-9-3-4-12-11-7-8-19(16(11)17)20(14,18(12)22)13-5-1-2-6-15(13)21-19/h1-2,5-6,11-12,14,16-18,21,23H,3-4,7-10H2/t11-,12?,14+,16-,17+,18-,19+,20-/m0/s1. The van der Waals surface area contributed by atoms with Crippen LogP contribution in [-0.4, -0.2) is 40.8 Å². The summed E-state index contributed by atoms with van der Waals surface area (Å²) in [6, 6.07) is 9.75. The van der Waals surface area contributed by atoms with Gasteiger partial charge in [0.05, 0.1) is 11.6 Å². The van der Waals surface area contributed by atoms with E-state index in [1.165, 1.54) is 37.9 Å². The number of benzene rings is 1. The lowest BCUT2D eigenvalue weighted by molar-refractivity contribution is -0.0317. The van der Waals surface area contributed by atoms with Crippen molar-refractivity contribution in [3.8, 4) is 0 Å². The van der Waals surface area contributed by atoms with E-state index in [1.54, 1.807) is 5.56 Å². The average Bonchev–Trinajstić information content (AvgIpc) is 3.21. The van der Waals surface area contributed by atoms with E-state index < -0.39 is 0 Å². The second-order valence-corrected chi connectivity index (χ2v) is 9.08. The highest BCUT2D eigenvalue weighted by Gasteiger charge is 2.84. The molecule has 1 unspecified atom stereocenters. The van der Waals surface area contributed by atoms with Crippen LogP contribution in [0.5, 0.6) is 0 Å². The summed E-state index contributed by atoms with van der Waals surface area (Å²) in [7, 11) is 0. The van der Waals surface area contributed by atoms with Crippen molar-refractivity contribution in [2.45, 2.75) is 48.8 Å². The fourth-order valence-electron chi connectivity index (χ4n) is 8.87. The van der Waals surface area contributed by atoms with Gasteiger partial charge in [-0.2, -0.15) is 0 Å². The molecule has 3 nitrogen and oxygen atoms in total. The first-order chi connectivity index (χ1) is 11.3. The third kappa shape index (κ3) is 0.971. The lowest BCUT2D eigenvalue weighted by atomic mass is 9.54. The van der Waals surface area contributed by atoms with Gasteiger partial charge in [0.25, 0.3) is 0 Å². The summed E-state index contributed by atoms with van der Waals surface area (Å²) in [5, 5.41) is 15.4. The van der Waals surface area contributed by atoms with Crippen molar-refractivity contribution in [1.29, 1.82) is 0 Å². The number of anilines is 1. The molecule has 3 aliphatic carbocycles. The van der Waals surface area contributed by atoms with Crippen LogP contribution in [0.15, 0.2) is 24.3 Å². The molecule has 5 fully saturated rings. The van der Waals surface area contributed by atoms with Crippen LogP contribution < -0.4 is 5.32 Å². The Morgan fingerprint density at radius 2 is 2.09 bits per heavy atom. The van der Waals surface area contributed by atoms with E-state index in [-0.39, 0.29) is 17.1 Å². The molecule has 3 saturated carbocycles. The monoisotopic (exact) mass is 308 g/mol. The van der Waals surface area contributed by atoms with Crippen LogP contribution in [0, 0.1) is 23.7 Å². The number of hydrogen-bond acceptors (Lipinski definition) is 3. The zero-order valence-corrected chi connectivity index (χ0v) is 13.4. The Morgan fingerprint density at radius 3 is 3.04 bits per heavy atom. The Hall–Kier alpha value is -1.06. The molecule has 3 heteroatoms. The number of hydrogen-bond donors (Lipinski definition) is 2. The first-order valence-corrected chi connectivity index (χ1v) is 9.59. The van der Waals surface area contributed by atoms with E-state index in [0.29, 0.717) is 17.9 Å². The van der Waals surface area contributed by atoms with Gasteiger partial charge in [-0.05, 0) is 55.7 Å². The fraction of sp³-hybridized carbons (Fsp3) is 0.700. The Kier molecular flexibility index (Phi) is 1.86. The summed E-state index contributed by atoms with van der Waals surface area (Å²) in [6.45, 7) is 2.38. The van der Waals surface area contributed by atoms with E-state index in [1.807, 2.05) is 0 Å². The maximum Gasteiger partial charge on any atom is 0.0644 e. The summed E-state index contributed by atoms with van der Waals surface area (Å²) in [4.78, 5) is 2.79. The minimum atomic E-state index is -0.0982. The predicted molar refractivity (Wildman–Crippen MR) is 88.3 cm³/mol. The summed E-state index contributed by atoms with van der Waals surface area (Å²) in [5.74, 6) is 2.50. The van der Waals surface area contributed by atoms with E-state index in [4.69, 9.17) is 0 Å². The van der Waals surface area contributed by atoms with Crippen LogP contribution in [0.3, 0.4) is 0 Å². The van der Waals surface area contributed by atoms with Crippen molar-refractivity contribution in [2.24, 2.45) is 23.7 Å². The molecule has 3 heterocycles. The molecule has 6 aliphatic rings. The number of rotatable bonds is 0. The molecule has 0 radical (unpaired) electrons. The number of nitrogens with one attached hydrogen (secondary N) is 1. The van der Waals surface area contributed by atoms with Crippen molar-refractivity contribution in [2.75, 3.05) is 18.4 Å². The Morgan fingerprint density at radius 1 is 1.17 bits per heavy atom. The van der Waals surface area contributed by atoms with Gasteiger partial charge in [-0.15, -0.1) is 0 Å². The Bertz CT molecular complexity index is 734. The number of para-hydroxylation sites is 1. The van der Waals surface area contributed by atoms with Crippen LogP contribution in [0.4, 0.5) is 5.69 Å². The molecule has 4 bridgehead atoms. The normalized spacial score (nSPS) is 57.3. The topological polar surface area (TPSA) is 35.5 Å². The highest BCUT2D eigenvalue weighted by molar-refractivity contribution is 5.70. The van der Waals surface area contributed by atoms with Crippen molar-refractivity contribution in [3.63, 3.8) is 0 Å². The minimum absolute atomic E-state index is 0.0982. The summed E-state index contributed by atoms with van der Waals surface area (Å²) in [6.07, 6.45) is 5.25. The number of aliphatic hydroxyl groups excluding tert-OH is 1. The van der Waals surface area contributed by atoms with Crippen LogP contribution in [0.2, 0.25) is 0 Å². The van der Waals surface area contributed by atoms with Gasteiger partial charge in [-0.25, -0.2) is 0 Å². The van der Waals surface area contributed by atoms with E-state index in [9.17, 15) is 5.11 Å². The van der Waals surface area contributed by atoms with Crippen molar-refractivity contribution >= 4 is 5.69 Å². The molecule has 7 rings (SSSR count). The molecule has 2 saturated heterocycles. The Balaban J connectivity index is 1.61. The third-order valence-corrected chi connectivity index (χ3v) is 8.97. The van der Waals surface area contributed by atoms with Crippen molar-refractivity contribution < 1.29 is 5.11 Å². The first-order valence-electron chi connectivity index (χ1n) is 9.59. The van der Waals surface area contributed by atoms with Crippen LogP contribution in [-0.2, 0) is 5.41 Å². The summed E-state index contributed by atoms with van der Waals surface area (Å²) < 4.78 is 0. The second kappa shape index (κ2) is 3.48. The SMILES string of the molecule is O[C@H]1[C@@H]2[C@H]3CC[C@@]24Nc2ccccc2[C@@]42[C@@H]1CN1CCCC3[C@H]12. The smallest absolute Gasteiger partial charge is 0.0644 e. The van der Waals surface area contributed by atoms with Crippen LogP contribution >= 0.6 is 0 Å². The molecule has 0 aromatic heterocycles. The lowest BCUT2D eigenvalue weighted by Gasteiger charge is -2.56. The van der Waals surface area contributed by atoms with Crippen molar-refractivity contribution in [1.82, 2.24) is 4.90 Å². The van der Waals surface area contributed by atoms with Gasteiger partial charge >= 0.3 is 0 Å². The average molecular weight is 308 g/mol. The second-order valence-electron chi connectivity index (χ2n) is 9.08. The highest BCUT2D eigenvalue weighted by atomic mass is 16.3. The predicted octanol–water partition coefficient (Wildman–Crippen LogP) is 2.21. The van der Waals surface area contributed by atoms with E-state index >= 15 is 0 Å². The lowest BCUT2D eigenvalue weighted by Crippen LogP contribution is -2.66. The summed E-state index contributed by atoms with van der Waals surface area (Å²) in [5.41, 5.74) is 3.26. The van der Waals surface area contributed by atoms with Gasteiger partial charge in [0.15, 0.2) is 0 Å². The molecule has 2 N–H and O–H groups in total. The fourth-order valence-corrected chi connectivity index (χ4v) is 8.87. The highest BCUT2D eigenvalue weighted by Crippen LogP contribution is 2.78. The van der Waals surface area contributed by atoms with Gasteiger partial charge in [-0.1, -0.05) is 18.2 Å². The molecule has 3 aliphatic heterocycles. The van der Waals surface area contributed by atoms with Crippen molar-refractivity contribution in [3.05, 3.63) is 29.8 Å². The molecule has 1 aromatic carbocycles. The molecule has 8 atom stereocenters. The van der Waals surface area contributed by atoms with Gasteiger partial charge in [0.1, 0.15) is 0 Å². The number of aliphatic hydroxyl groups is 1. The minimum Gasteiger partial charge on any atom is -0.392 e. The molecular weight excluding hydrogens is 284 g/mol. The zero-order chi connectivity index (χ0) is 15.0. The van der Waals surface area contributed by atoms with Gasteiger partial charge in [-0.3, -0.25) is 4.90 Å². The van der Waals surface area contributed by atoms with Gasteiger partial charge < -0.3 is 10.4 Å². The van der Waals surface area contributed by atoms with E-state index in [0.717, 1.165) is 18.4 Å². The molecule has 1 aromatic rings. The van der Waals surface area contributed by atoms with E-state index in [2.05, 4.69) is 34.5 Å². The number of fused-ring (bicyclic) bond motifs is 2. The number of nitrogens with zero attached hydrogens (tertiary/aromatic N) is 1. The Labute approximate surface area is 137 Å². The molecule has 2 spiro atoms. The summed E-state index contributed by atoms with van der Waals surface area (Å²) >= 11 is 0. The van der Waals surface area contributed by atoms with Gasteiger partial charge in [0.2, 0.25) is 0 Å². The molecule has 0 amide bonds. The first kappa shape index (κ1) is 12.3.